The van der Waals surface area contributed by atoms with Crippen molar-refractivity contribution in [2.75, 3.05) is 18.4 Å². The van der Waals surface area contributed by atoms with Crippen LogP contribution >= 0.6 is 11.3 Å². The van der Waals surface area contributed by atoms with Crippen LogP contribution in [0, 0.1) is 0 Å². The van der Waals surface area contributed by atoms with Crippen LogP contribution in [0.2, 0.25) is 0 Å². The fourth-order valence-corrected chi connectivity index (χ4v) is 4.46. The van der Waals surface area contributed by atoms with E-state index in [9.17, 15) is 4.79 Å². The molecular weight excluding hydrogens is 310 g/mol. The number of hydrogen-bond donors (Lipinski definition) is 2. The van der Waals surface area contributed by atoms with E-state index in [0.29, 0.717) is 0 Å². The molecule has 0 saturated carbocycles. The summed E-state index contributed by atoms with van der Waals surface area (Å²) >= 11 is 1.72. The number of nitrogens with zero attached hydrogens (tertiary/aromatic N) is 1. The van der Waals surface area contributed by atoms with E-state index in [1.54, 1.807) is 17.6 Å². The van der Waals surface area contributed by atoms with Crippen molar-refractivity contribution >= 4 is 28.3 Å². The smallest absolute Gasteiger partial charge is 0.256 e. The van der Waals surface area contributed by atoms with Crippen LogP contribution in [-0.4, -0.2) is 30.1 Å². The summed E-state index contributed by atoms with van der Waals surface area (Å²) in [6.07, 6.45) is 6.17. The summed E-state index contributed by atoms with van der Waals surface area (Å²) in [6, 6.07) is 3.73. The first-order chi connectivity index (χ1) is 11.2. The lowest BCUT2D eigenvalue weighted by atomic mass is 10.0. The third kappa shape index (κ3) is 2.68. The lowest BCUT2D eigenvalue weighted by molar-refractivity contribution is 0.0942. The largest absolute Gasteiger partial charge is 0.465 e. The van der Waals surface area contributed by atoms with Gasteiger partial charge in [-0.15, -0.1) is 11.3 Å². The molecule has 120 valence electrons. The van der Waals surface area contributed by atoms with Gasteiger partial charge in [-0.25, -0.2) is 0 Å². The van der Waals surface area contributed by atoms with Gasteiger partial charge in [0.2, 0.25) is 0 Å². The zero-order valence-corrected chi connectivity index (χ0v) is 13.8. The van der Waals surface area contributed by atoms with Gasteiger partial charge >= 0.3 is 0 Å². The maximum Gasteiger partial charge on any atom is 0.256 e. The number of amides is 1. The molecule has 4 rings (SSSR count). The second kappa shape index (κ2) is 5.86. The molecule has 4 heterocycles. The molecule has 5 nitrogen and oxygen atoms in total. The van der Waals surface area contributed by atoms with Crippen molar-refractivity contribution in [1.29, 1.82) is 0 Å². The van der Waals surface area contributed by atoms with E-state index in [4.69, 9.17) is 4.42 Å². The number of fused-ring (bicyclic) bond motifs is 3. The predicted octanol–water partition coefficient (Wildman–Crippen LogP) is 2.91. The number of carbonyl (C=O) groups is 1. The molecule has 1 atom stereocenters. The van der Waals surface area contributed by atoms with E-state index < -0.39 is 0 Å². The summed E-state index contributed by atoms with van der Waals surface area (Å²) in [5.74, 6) is 0.797. The van der Waals surface area contributed by atoms with Gasteiger partial charge in [-0.3, -0.25) is 9.69 Å². The van der Waals surface area contributed by atoms with Gasteiger partial charge in [-0.1, -0.05) is 6.92 Å². The van der Waals surface area contributed by atoms with Crippen molar-refractivity contribution in [2.24, 2.45) is 0 Å². The van der Waals surface area contributed by atoms with E-state index in [1.165, 1.54) is 10.4 Å². The van der Waals surface area contributed by atoms with Gasteiger partial charge in [0.15, 0.2) is 0 Å². The highest BCUT2D eigenvalue weighted by Gasteiger charge is 2.31. The van der Waals surface area contributed by atoms with Crippen LogP contribution < -0.4 is 10.6 Å². The van der Waals surface area contributed by atoms with Gasteiger partial charge in [0.05, 0.1) is 11.8 Å². The minimum Gasteiger partial charge on any atom is -0.465 e. The summed E-state index contributed by atoms with van der Waals surface area (Å²) < 4.78 is 5.28. The summed E-state index contributed by atoms with van der Waals surface area (Å²) in [6.45, 7) is 5.21. The van der Waals surface area contributed by atoms with Gasteiger partial charge in [0.25, 0.3) is 5.91 Å². The SMILES string of the molecule is CCN1CCc2c(sc3c2C(=O)N[C@@H](/C=C/c2ccco2)N3)C1. The van der Waals surface area contributed by atoms with Crippen LogP contribution in [0.1, 0.15) is 33.5 Å². The molecule has 0 bridgehead atoms. The second-order valence-electron chi connectivity index (χ2n) is 5.80. The molecule has 2 aliphatic rings. The van der Waals surface area contributed by atoms with Crippen LogP contribution in [0.5, 0.6) is 0 Å². The average Bonchev–Trinajstić information content (AvgIpc) is 3.19. The topological polar surface area (TPSA) is 57.5 Å². The molecular formula is C17H19N3O2S. The number of thiophene rings is 1. The van der Waals surface area contributed by atoms with Crippen molar-refractivity contribution in [3.63, 3.8) is 0 Å². The molecule has 0 aliphatic carbocycles. The van der Waals surface area contributed by atoms with Crippen LogP contribution in [0.4, 0.5) is 5.00 Å². The third-order valence-corrected chi connectivity index (χ3v) is 5.53. The number of rotatable bonds is 3. The number of furan rings is 1. The summed E-state index contributed by atoms with van der Waals surface area (Å²) in [5.41, 5.74) is 2.08. The molecule has 6 heteroatoms. The Balaban J connectivity index is 1.58. The number of carbonyl (C=O) groups excluding carboxylic acids is 1. The Labute approximate surface area is 139 Å². The third-order valence-electron chi connectivity index (χ3n) is 4.38. The Morgan fingerprint density at radius 2 is 2.39 bits per heavy atom. The Morgan fingerprint density at radius 3 is 3.17 bits per heavy atom. The summed E-state index contributed by atoms with van der Waals surface area (Å²) in [7, 11) is 0. The Bertz CT molecular complexity index is 748. The molecule has 0 spiro atoms. The van der Waals surface area contributed by atoms with Gasteiger partial charge in [-0.05, 0) is 42.8 Å². The van der Waals surface area contributed by atoms with E-state index in [-0.39, 0.29) is 12.1 Å². The Morgan fingerprint density at radius 1 is 1.48 bits per heavy atom. The molecule has 0 aromatic carbocycles. The summed E-state index contributed by atoms with van der Waals surface area (Å²) in [5, 5.41) is 7.42. The number of anilines is 1. The Kier molecular flexibility index (Phi) is 3.71. The van der Waals surface area contributed by atoms with Gasteiger partial charge in [-0.2, -0.15) is 0 Å². The monoisotopic (exact) mass is 329 g/mol. The van der Waals surface area contributed by atoms with Crippen molar-refractivity contribution in [1.82, 2.24) is 10.2 Å². The number of likely N-dealkylation sites (N-methyl/N-ethyl adjacent to an activating group) is 1. The van der Waals surface area contributed by atoms with Crippen molar-refractivity contribution < 1.29 is 9.21 Å². The number of hydrogen-bond acceptors (Lipinski definition) is 5. The summed E-state index contributed by atoms with van der Waals surface area (Å²) in [4.78, 5) is 16.3. The molecule has 2 aromatic heterocycles. The first-order valence-electron chi connectivity index (χ1n) is 7.90. The lowest BCUT2D eigenvalue weighted by Crippen LogP contribution is -2.43. The fraction of sp³-hybridized carbons (Fsp3) is 0.353. The standard InChI is InChI=1S/C17H19N3O2S/c1-2-20-8-7-12-13(10-20)23-17-15(12)16(21)18-14(19-17)6-5-11-4-3-9-22-11/h3-6,9,14,19H,2,7-8,10H2,1H3,(H,18,21)/b6-5+/t14-/m1/s1. The zero-order chi connectivity index (χ0) is 15.8. The molecule has 0 saturated heterocycles. The minimum atomic E-state index is -0.206. The van der Waals surface area contributed by atoms with Crippen LogP contribution in [0.15, 0.2) is 28.9 Å². The van der Waals surface area contributed by atoms with Crippen molar-refractivity contribution in [3.8, 4) is 0 Å². The lowest BCUT2D eigenvalue weighted by Gasteiger charge is -2.26. The molecule has 0 fully saturated rings. The zero-order valence-electron chi connectivity index (χ0n) is 13.0. The van der Waals surface area contributed by atoms with Crippen LogP contribution in [0.25, 0.3) is 6.08 Å². The van der Waals surface area contributed by atoms with Gasteiger partial charge in [0.1, 0.15) is 16.9 Å². The molecule has 2 N–H and O–H groups in total. The molecule has 2 aromatic rings. The van der Waals surface area contributed by atoms with Crippen molar-refractivity contribution in [3.05, 3.63) is 46.2 Å². The average molecular weight is 329 g/mol. The molecule has 0 unspecified atom stereocenters. The van der Waals surface area contributed by atoms with E-state index in [2.05, 4.69) is 22.5 Å². The predicted molar refractivity (Wildman–Crippen MR) is 91.6 cm³/mol. The molecule has 23 heavy (non-hydrogen) atoms. The first-order valence-corrected chi connectivity index (χ1v) is 8.72. The van der Waals surface area contributed by atoms with E-state index in [1.807, 2.05) is 24.3 Å². The Hall–Kier alpha value is -2.05. The minimum absolute atomic E-state index is 0.0234. The molecule has 2 aliphatic heterocycles. The van der Waals surface area contributed by atoms with Crippen molar-refractivity contribution in [2.45, 2.75) is 26.1 Å². The van der Waals surface area contributed by atoms with Crippen LogP contribution in [0.3, 0.4) is 0 Å². The maximum atomic E-state index is 12.5. The molecule has 0 radical (unpaired) electrons. The van der Waals surface area contributed by atoms with E-state index in [0.717, 1.165) is 42.4 Å². The van der Waals surface area contributed by atoms with Gasteiger partial charge < -0.3 is 15.1 Å². The highest BCUT2D eigenvalue weighted by Crippen LogP contribution is 2.38. The quantitative estimate of drug-likeness (QED) is 0.909. The first kappa shape index (κ1) is 14.5. The van der Waals surface area contributed by atoms with Gasteiger partial charge in [0, 0.05) is 18.0 Å². The number of nitrogens with one attached hydrogen (secondary N) is 2. The van der Waals surface area contributed by atoms with Crippen LogP contribution in [-0.2, 0) is 13.0 Å². The fourth-order valence-electron chi connectivity index (χ4n) is 3.13. The normalized spacial score (nSPS) is 20.9. The maximum absolute atomic E-state index is 12.5. The van der Waals surface area contributed by atoms with E-state index >= 15 is 0 Å². The highest BCUT2D eigenvalue weighted by atomic mass is 32.1. The molecule has 1 amide bonds. The second-order valence-corrected chi connectivity index (χ2v) is 6.90. The highest BCUT2D eigenvalue weighted by molar-refractivity contribution is 7.16.